The fourth-order valence-electron chi connectivity index (χ4n) is 1.86. The minimum Gasteiger partial charge on any atom is -0.377 e. The van der Waals surface area contributed by atoms with Crippen LogP contribution in [0.3, 0.4) is 0 Å². The Labute approximate surface area is 112 Å². The number of morpholine rings is 1. The van der Waals surface area contributed by atoms with E-state index in [1.807, 2.05) is 0 Å². The van der Waals surface area contributed by atoms with Crippen molar-refractivity contribution in [2.24, 2.45) is 0 Å². The standard InChI is InChI=1S/C11H13BrFN3O2/c1-14-11(17)9-6-18-3-2-16(9)10-8(13)4-7(12)5-15-10/h4-5,9H,2-3,6H2,1H3,(H,14,17). The van der Waals surface area contributed by atoms with Crippen LogP contribution in [0, 0.1) is 5.82 Å². The number of hydrogen-bond donors (Lipinski definition) is 1. The van der Waals surface area contributed by atoms with Crippen molar-refractivity contribution < 1.29 is 13.9 Å². The van der Waals surface area contributed by atoms with E-state index in [2.05, 4.69) is 26.2 Å². The van der Waals surface area contributed by atoms with Crippen LogP contribution in [0.2, 0.25) is 0 Å². The van der Waals surface area contributed by atoms with Crippen LogP contribution >= 0.6 is 15.9 Å². The highest BCUT2D eigenvalue weighted by atomic mass is 79.9. The van der Waals surface area contributed by atoms with Crippen LogP contribution in [0.5, 0.6) is 0 Å². The molecule has 7 heteroatoms. The molecule has 1 amide bonds. The lowest BCUT2D eigenvalue weighted by atomic mass is 10.2. The van der Waals surface area contributed by atoms with E-state index < -0.39 is 11.9 Å². The summed E-state index contributed by atoms with van der Waals surface area (Å²) < 4.78 is 19.7. The van der Waals surface area contributed by atoms with Gasteiger partial charge in [-0.2, -0.15) is 0 Å². The second-order valence-corrected chi connectivity index (χ2v) is 4.77. The van der Waals surface area contributed by atoms with E-state index in [0.717, 1.165) is 0 Å². The molecule has 1 aliphatic rings. The van der Waals surface area contributed by atoms with E-state index >= 15 is 0 Å². The number of carbonyl (C=O) groups is 1. The Morgan fingerprint density at radius 1 is 1.72 bits per heavy atom. The van der Waals surface area contributed by atoms with Crippen molar-refractivity contribution in [1.29, 1.82) is 0 Å². The number of nitrogens with zero attached hydrogens (tertiary/aromatic N) is 2. The first-order valence-corrected chi connectivity index (χ1v) is 6.30. The molecular weight excluding hydrogens is 305 g/mol. The Balaban J connectivity index is 2.30. The van der Waals surface area contributed by atoms with Crippen molar-refractivity contribution in [2.45, 2.75) is 6.04 Å². The summed E-state index contributed by atoms with van der Waals surface area (Å²) in [6.45, 7) is 1.12. The summed E-state index contributed by atoms with van der Waals surface area (Å²) in [7, 11) is 1.54. The summed E-state index contributed by atoms with van der Waals surface area (Å²) in [6.07, 6.45) is 1.51. The zero-order chi connectivity index (χ0) is 13.1. The first-order valence-electron chi connectivity index (χ1n) is 5.50. The molecule has 1 saturated heterocycles. The number of pyridine rings is 1. The normalized spacial score (nSPS) is 19.7. The average molecular weight is 318 g/mol. The minimum atomic E-state index is -0.549. The number of likely N-dealkylation sites (N-methyl/N-ethyl adjacent to an activating group) is 1. The molecule has 18 heavy (non-hydrogen) atoms. The molecule has 1 aromatic heterocycles. The van der Waals surface area contributed by atoms with E-state index in [0.29, 0.717) is 17.6 Å². The molecule has 5 nitrogen and oxygen atoms in total. The maximum Gasteiger partial charge on any atom is 0.244 e. The van der Waals surface area contributed by atoms with E-state index in [9.17, 15) is 9.18 Å². The lowest BCUT2D eigenvalue weighted by molar-refractivity contribution is -0.124. The Kier molecular flexibility index (Phi) is 4.13. The zero-order valence-electron chi connectivity index (χ0n) is 9.82. The molecule has 0 aliphatic carbocycles. The van der Waals surface area contributed by atoms with Gasteiger partial charge in [-0.25, -0.2) is 9.37 Å². The van der Waals surface area contributed by atoms with Crippen LogP contribution < -0.4 is 10.2 Å². The highest BCUT2D eigenvalue weighted by molar-refractivity contribution is 9.10. The van der Waals surface area contributed by atoms with E-state index in [4.69, 9.17) is 4.74 Å². The second kappa shape index (κ2) is 5.62. The monoisotopic (exact) mass is 317 g/mol. The summed E-state index contributed by atoms with van der Waals surface area (Å²) in [5.74, 6) is -0.492. The smallest absolute Gasteiger partial charge is 0.244 e. The molecule has 0 aromatic carbocycles. The van der Waals surface area contributed by atoms with Crippen LogP contribution in [0.15, 0.2) is 16.7 Å². The largest absolute Gasteiger partial charge is 0.377 e. The Morgan fingerprint density at radius 3 is 3.17 bits per heavy atom. The number of anilines is 1. The zero-order valence-corrected chi connectivity index (χ0v) is 11.4. The maximum absolute atomic E-state index is 13.9. The summed E-state index contributed by atoms with van der Waals surface area (Å²) in [6, 6.07) is 0.783. The number of nitrogens with one attached hydrogen (secondary N) is 1. The lowest BCUT2D eigenvalue weighted by Gasteiger charge is -2.35. The number of ether oxygens (including phenoxy) is 1. The summed E-state index contributed by atoms with van der Waals surface area (Å²) in [5.41, 5.74) is 0. The fraction of sp³-hybridized carbons (Fsp3) is 0.455. The summed E-state index contributed by atoms with van der Waals surface area (Å²) in [5, 5.41) is 2.55. The van der Waals surface area contributed by atoms with Crippen molar-refractivity contribution in [3.63, 3.8) is 0 Å². The highest BCUT2D eigenvalue weighted by Gasteiger charge is 2.31. The van der Waals surface area contributed by atoms with Crippen LogP contribution in [0.4, 0.5) is 10.2 Å². The van der Waals surface area contributed by atoms with Gasteiger partial charge < -0.3 is 15.0 Å². The van der Waals surface area contributed by atoms with Crippen LogP contribution in [0.25, 0.3) is 0 Å². The molecule has 1 N–H and O–H groups in total. The van der Waals surface area contributed by atoms with Gasteiger partial charge in [0.15, 0.2) is 11.6 Å². The average Bonchev–Trinajstić information content (AvgIpc) is 2.38. The van der Waals surface area contributed by atoms with E-state index in [1.165, 1.54) is 12.3 Å². The first-order chi connectivity index (χ1) is 8.63. The number of amides is 1. The number of rotatable bonds is 2. The molecule has 0 radical (unpaired) electrons. The van der Waals surface area contributed by atoms with Gasteiger partial charge >= 0.3 is 0 Å². The molecule has 1 atom stereocenters. The Hall–Kier alpha value is -1.21. The molecule has 1 fully saturated rings. The molecule has 1 aliphatic heterocycles. The quantitative estimate of drug-likeness (QED) is 0.882. The predicted octanol–water partition coefficient (Wildman–Crippen LogP) is 0.934. The van der Waals surface area contributed by atoms with Crippen LogP contribution in [0.1, 0.15) is 0 Å². The molecule has 1 aromatic rings. The number of aromatic nitrogens is 1. The van der Waals surface area contributed by atoms with E-state index in [-0.39, 0.29) is 18.3 Å². The van der Waals surface area contributed by atoms with Crippen molar-refractivity contribution in [3.8, 4) is 0 Å². The lowest BCUT2D eigenvalue weighted by Crippen LogP contribution is -2.54. The second-order valence-electron chi connectivity index (χ2n) is 3.86. The van der Waals surface area contributed by atoms with Crippen molar-refractivity contribution in [2.75, 3.05) is 31.7 Å². The summed E-state index contributed by atoms with van der Waals surface area (Å²) in [4.78, 5) is 17.4. The van der Waals surface area contributed by atoms with Gasteiger partial charge in [-0.3, -0.25) is 4.79 Å². The predicted molar refractivity (Wildman–Crippen MR) is 67.9 cm³/mol. The van der Waals surface area contributed by atoms with Crippen LogP contribution in [-0.4, -0.2) is 43.7 Å². The van der Waals surface area contributed by atoms with Gasteiger partial charge in [-0.1, -0.05) is 0 Å². The van der Waals surface area contributed by atoms with Gasteiger partial charge in [0.25, 0.3) is 0 Å². The van der Waals surface area contributed by atoms with Crippen LogP contribution in [-0.2, 0) is 9.53 Å². The third-order valence-corrected chi connectivity index (χ3v) is 3.17. The third-order valence-electron chi connectivity index (χ3n) is 2.74. The van der Waals surface area contributed by atoms with Gasteiger partial charge in [-0.05, 0) is 22.0 Å². The van der Waals surface area contributed by atoms with Gasteiger partial charge in [0.1, 0.15) is 6.04 Å². The van der Waals surface area contributed by atoms with Gasteiger partial charge in [0, 0.05) is 24.3 Å². The molecule has 2 rings (SSSR count). The number of halogens is 2. The number of carbonyl (C=O) groups excluding carboxylic acids is 1. The molecular formula is C11H13BrFN3O2. The van der Waals surface area contributed by atoms with Gasteiger partial charge in [0.2, 0.25) is 5.91 Å². The first kappa shape index (κ1) is 13.2. The van der Waals surface area contributed by atoms with Gasteiger partial charge in [-0.15, -0.1) is 0 Å². The third kappa shape index (κ3) is 2.62. The summed E-state index contributed by atoms with van der Waals surface area (Å²) >= 11 is 3.15. The Morgan fingerprint density at radius 2 is 2.50 bits per heavy atom. The molecule has 1 unspecified atom stereocenters. The SMILES string of the molecule is CNC(=O)C1COCCN1c1ncc(Br)cc1F. The molecule has 0 bridgehead atoms. The minimum absolute atomic E-state index is 0.176. The Bertz CT molecular complexity index is 458. The van der Waals surface area contributed by atoms with Crippen molar-refractivity contribution in [1.82, 2.24) is 10.3 Å². The molecule has 2 heterocycles. The number of hydrogen-bond acceptors (Lipinski definition) is 4. The van der Waals surface area contributed by atoms with Crippen molar-refractivity contribution >= 4 is 27.7 Å². The molecule has 98 valence electrons. The molecule has 0 saturated carbocycles. The molecule has 0 spiro atoms. The fourth-order valence-corrected chi connectivity index (χ4v) is 2.16. The van der Waals surface area contributed by atoms with Gasteiger partial charge in [0.05, 0.1) is 13.2 Å². The van der Waals surface area contributed by atoms with Crippen molar-refractivity contribution in [3.05, 3.63) is 22.6 Å². The topological polar surface area (TPSA) is 54.5 Å². The maximum atomic E-state index is 13.9. The highest BCUT2D eigenvalue weighted by Crippen LogP contribution is 2.23. The van der Waals surface area contributed by atoms with E-state index in [1.54, 1.807) is 11.9 Å².